The molecule has 124 valence electrons. The van der Waals surface area contributed by atoms with Gasteiger partial charge in [0.2, 0.25) is 11.8 Å². The second-order valence-corrected chi connectivity index (χ2v) is 5.16. The van der Waals surface area contributed by atoms with Gasteiger partial charge < -0.3 is 15.2 Å². The molecule has 0 bridgehead atoms. The summed E-state index contributed by atoms with van der Waals surface area (Å²) >= 11 is 0. The van der Waals surface area contributed by atoms with E-state index < -0.39 is 24.8 Å². The van der Waals surface area contributed by atoms with Crippen LogP contribution in [0.2, 0.25) is 0 Å². The molecule has 2 N–H and O–H groups in total. The van der Waals surface area contributed by atoms with Gasteiger partial charge in [0, 0.05) is 18.3 Å². The van der Waals surface area contributed by atoms with Crippen LogP contribution in [0.5, 0.6) is 5.88 Å². The van der Waals surface area contributed by atoms with E-state index in [1.165, 1.54) is 18.3 Å². The minimum atomic E-state index is -4.46. The SMILES string of the molecule is CC(C)C(O)CC(=O)NCc1cccnc1OCC(F)(F)F. The van der Waals surface area contributed by atoms with Crippen LogP contribution in [-0.2, 0) is 11.3 Å². The highest BCUT2D eigenvalue weighted by Gasteiger charge is 2.29. The van der Waals surface area contributed by atoms with E-state index in [0.717, 1.165) is 0 Å². The average molecular weight is 320 g/mol. The van der Waals surface area contributed by atoms with Crippen LogP contribution in [0.4, 0.5) is 13.2 Å². The summed E-state index contributed by atoms with van der Waals surface area (Å²) < 4.78 is 41.1. The number of hydrogen-bond acceptors (Lipinski definition) is 4. The fraction of sp³-hybridized carbons (Fsp3) is 0.571. The summed E-state index contributed by atoms with van der Waals surface area (Å²) in [6.07, 6.45) is -4.00. The van der Waals surface area contributed by atoms with Crippen LogP contribution in [0.25, 0.3) is 0 Å². The lowest BCUT2D eigenvalue weighted by Gasteiger charge is -2.15. The number of carbonyl (C=O) groups is 1. The number of rotatable bonds is 7. The van der Waals surface area contributed by atoms with E-state index >= 15 is 0 Å². The van der Waals surface area contributed by atoms with Crippen LogP contribution in [0.15, 0.2) is 18.3 Å². The van der Waals surface area contributed by atoms with Gasteiger partial charge in [0.1, 0.15) is 0 Å². The summed E-state index contributed by atoms with van der Waals surface area (Å²) in [5, 5.41) is 12.1. The van der Waals surface area contributed by atoms with Gasteiger partial charge in [-0.05, 0) is 12.0 Å². The van der Waals surface area contributed by atoms with Crippen LogP contribution in [0.1, 0.15) is 25.8 Å². The first-order chi connectivity index (χ1) is 10.2. The topological polar surface area (TPSA) is 71.5 Å². The van der Waals surface area contributed by atoms with Gasteiger partial charge in [-0.3, -0.25) is 4.79 Å². The van der Waals surface area contributed by atoms with Crippen molar-refractivity contribution in [1.82, 2.24) is 10.3 Å². The second-order valence-electron chi connectivity index (χ2n) is 5.16. The first-order valence-electron chi connectivity index (χ1n) is 6.77. The number of hydrogen-bond donors (Lipinski definition) is 2. The molecule has 1 aromatic rings. The standard InChI is InChI=1S/C14H19F3N2O3/c1-9(2)11(20)6-12(21)19-7-10-4-3-5-18-13(10)22-8-14(15,16)17/h3-5,9,11,20H,6-8H2,1-2H3,(H,19,21). The van der Waals surface area contributed by atoms with Crippen molar-refractivity contribution in [3.8, 4) is 5.88 Å². The van der Waals surface area contributed by atoms with Crippen LogP contribution in [0.3, 0.4) is 0 Å². The maximum absolute atomic E-state index is 12.2. The highest BCUT2D eigenvalue weighted by Crippen LogP contribution is 2.19. The normalized spacial score (nSPS) is 13.0. The molecule has 0 spiro atoms. The van der Waals surface area contributed by atoms with Crippen molar-refractivity contribution in [3.05, 3.63) is 23.9 Å². The summed E-state index contributed by atoms with van der Waals surface area (Å²) in [6, 6.07) is 3.04. The molecule has 0 aliphatic rings. The maximum Gasteiger partial charge on any atom is 0.422 e. The van der Waals surface area contributed by atoms with Crippen molar-refractivity contribution < 1.29 is 27.8 Å². The third-order valence-corrected chi connectivity index (χ3v) is 2.86. The zero-order chi connectivity index (χ0) is 16.8. The monoisotopic (exact) mass is 320 g/mol. The minimum absolute atomic E-state index is 0.0231. The van der Waals surface area contributed by atoms with Gasteiger partial charge in [-0.2, -0.15) is 13.2 Å². The van der Waals surface area contributed by atoms with Gasteiger partial charge in [-0.25, -0.2) is 4.98 Å². The summed E-state index contributed by atoms with van der Waals surface area (Å²) in [4.78, 5) is 15.4. The molecule has 0 saturated carbocycles. The van der Waals surface area contributed by atoms with Gasteiger partial charge in [0.15, 0.2) is 6.61 Å². The molecule has 1 rings (SSSR count). The second kappa shape index (κ2) is 7.98. The Hall–Kier alpha value is -1.83. The Kier molecular flexibility index (Phi) is 6.61. The van der Waals surface area contributed by atoms with Gasteiger partial charge in [0.25, 0.3) is 0 Å². The van der Waals surface area contributed by atoms with Crippen molar-refractivity contribution in [1.29, 1.82) is 0 Å². The predicted molar refractivity (Wildman–Crippen MR) is 73.1 cm³/mol. The van der Waals surface area contributed by atoms with Crippen molar-refractivity contribution in [2.45, 2.75) is 39.1 Å². The number of carbonyl (C=O) groups excluding carboxylic acids is 1. The highest BCUT2D eigenvalue weighted by atomic mass is 19.4. The van der Waals surface area contributed by atoms with Crippen molar-refractivity contribution in [3.63, 3.8) is 0 Å². The molecule has 0 aliphatic carbocycles. The third kappa shape index (κ3) is 6.75. The lowest BCUT2D eigenvalue weighted by atomic mass is 10.0. The van der Waals surface area contributed by atoms with Crippen LogP contribution >= 0.6 is 0 Å². The van der Waals surface area contributed by atoms with Gasteiger partial charge >= 0.3 is 6.18 Å². The Morgan fingerprint density at radius 1 is 1.45 bits per heavy atom. The number of aliphatic hydroxyl groups is 1. The third-order valence-electron chi connectivity index (χ3n) is 2.86. The van der Waals surface area contributed by atoms with E-state index in [9.17, 15) is 23.1 Å². The number of ether oxygens (including phenoxy) is 1. The molecule has 5 nitrogen and oxygen atoms in total. The van der Waals surface area contributed by atoms with Crippen molar-refractivity contribution in [2.24, 2.45) is 5.92 Å². The molecule has 8 heteroatoms. The quantitative estimate of drug-likeness (QED) is 0.806. The average Bonchev–Trinajstić information content (AvgIpc) is 2.42. The van der Waals surface area contributed by atoms with E-state index in [0.29, 0.717) is 5.56 Å². The zero-order valence-electron chi connectivity index (χ0n) is 12.4. The summed E-state index contributed by atoms with van der Waals surface area (Å²) in [5.74, 6) is -0.633. The number of pyridine rings is 1. The molecule has 1 atom stereocenters. The molecule has 1 heterocycles. The highest BCUT2D eigenvalue weighted by molar-refractivity contribution is 5.76. The van der Waals surface area contributed by atoms with Crippen LogP contribution in [-0.4, -0.2) is 34.9 Å². The molecule has 1 aromatic heterocycles. The first-order valence-corrected chi connectivity index (χ1v) is 6.77. The van der Waals surface area contributed by atoms with Crippen LogP contribution < -0.4 is 10.1 Å². The van der Waals surface area contributed by atoms with E-state index in [2.05, 4.69) is 15.0 Å². The minimum Gasteiger partial charge on any atom is -0.468 e. The predicted octanol–water partition coefficient (Wildman–Crippen LogP) is 2.05. The largest absolute Gasteiger partial charge is 0.468 e. The molecule has 1 amide bonds. The summed E-state index contributed by atoms with van der Waals surface area (Å²) in [5.41, 5.74) is 0.333. The van der Waals surface area contributed by atoms with E-state index in [-0.39, 0.29) is 24.8 Å². The fourth-order valence-corrected chi connectivity index (χ4v) is 1.53. The van der Waals surface area contributed by atoms with E-state index in [4.69, 9.17) is 0 Å². The molecule has 0 saturated heterocycles. The number of halogens is 3. The Bertz CT molecular complexity index is 492. The fourth-order valence-electron chi connectivity index (χ4n) is 1.53. The van der Waals surface area contributed by atoms with Gasteiger partial charge in [-0.15, -0.1) is 0 Å². The number of aliphatic hydroxyl groups excluding tert-OH is 1. The smallest absolute Gasteiger partial charge is 0.422 e. The first kappa shape index (κ1) is 18.2. The Balaban J connectivity index is 2.57. The molecule has 0 aliphatic heterocycles. The number of alkyl halides is 3. The number of amides is 1. The van der Waals surface area contributed by atoms with Gasteiger partial charge in [0.05, 0.1) is 12.5 Å². The van der Waals surface area contributed by atoms with Gasteiger partial charge in [-0.1, -0.05) is 19.9 Å². The summed E-state index contributed by atoms with van der Waals surface area (Å²) in [7, 11) is 0. The van der Waals surface area contributed by atoms with E-state index in [1.54, 1.807) is 13.8 Å². The number of nitrogens with zero attached hydrogens (tertiary/aromatic N) is 1. The summed E-state index contributed by atoms with van der Waals surface area (Å²) in [6.45, 7) is 2.09. The lowest BCUT2D eigenvalue weighted by molar-refractivity contribution is -0.154. The molecule has 1 unspecified atom stereocenters. The molecular weight excluding hydrogens is 301 g/mol. The molecular formula is C14H19F3N2O3. The lowest BCUT2D eigenvalue weighted by Crippen LogP contribution is -2.29. The molecule has 0 radical (unpaired) electrons. The van der Waals surface area contributed by atoms with E-state index in [1.807, 2.05) is 0 Å². The Morgan fingerprint density at radius 3 is 2.73 bits per heavy atom. The molecule has 0 fully saturated rings. The maximum atomic E-state index is 12.2. The molecule has 0 aromatic carbocycles. The number of aromatic nitrogens is 1. The molecule has 22 heavy (non-hydrogen) atoms. The zero-order valence-corrected chi connectivity index (χ0v) is 12.4. The number of nitrogens with one attached hydrogen (secondary N) is 1. The Labute approximate surface area is 126 Å². The van der Waals surface area contributed by atoms with Crippen LogP contribution in [0, 0.1) is 5.92 Å². The Morgan fingerprint density at radius 2 is 2.14 bits per heavy atom. The van der Waals surface area contributed by atoms with Crippen molar-refractivity contribution >= 4 is 5.91 Å². The van der Waals surface area contributed by atoms with Crippen molar-refractivity contribution in [2.75, 3.05) is 6.61 Å².